The number of nitrogens with zero attached hydrogens (tertiary/aromatic N) is 2. The fourth-order valence-corrected chi connectivity index (χ4v) is 1.67. The summed E-state index contributed by atoms with van der Waals surface area (Å²) in [5.74, 6) is 0.851. The Morgan fingerprint density at radius 3 is 2.93 bits per heavy atom. The minimum atomic E-state index is 0.828. The van der Waals surface area contributed by atoms with Gasteiger partial charge < -0.3 is 4.98 Å². The van der Waals surface area contributed by atoms with Gasteiger partial charge in [-0.25, -0.2) is 9.97 Å². The molecular weight excluding hydrogens is 242 g/mol. The fourth-order valence-electron chi connectivity index (χ4n) is 1.25. The summed E-state index contributed by atoms with van der Waals surface area (Å²) in [7, 11) is 0. The van der Waals surface area contributed by atoms with Crippen molar-refractivity contribution >= 4 is 15.9 Å². The normalized spacial score (nSPS) is 10.4. The van der Waals surface area contributed by atoms with Crippen LogP contribution in [0.15, 0.2) is 29.0 Å². The first-order valence-corrected chi connectivity index (χ1v) is 5.26. The van der Waals surface area contributed by atoms with Crippen molar-refractivity contribution in [1.82, 2.24) is 15.0 Å². The molecule has 4 heteroatoms. The summed E-state index contributed by atoms with van der Waals surface area (Å²) in [5, 5.41) is 0. The smallest absolute Gasteiger partial charge is 0.130 e. The number of halogens is 1. The molecule has 0 aliphatic heterocycles. The second-order valence-corrected chi connectivity index (χ2v) is 3.74. The standard InChI is InChI=1S/C10H10BrN3/c1-2-10-13-8(6-9(11)14-10)7-4-3-5-12-7/h3-6,12H,2H2,1H3. The first-order chi connectivity index (χ1) is 6.79. The molecule has 0 radical (unpaired) electrons. The van der Waals surface area contributed by atoms with Gasteiger partial charge in [-0.2, -0.15) is 0 Å². The summed E-state index contributed by atoms with van der Waals surface area (Å²) < 4.78 is 0.828. The van der Waals surface area contributed by atoms with E-state index in [4.69, 9.17) is 0 Å². The van der Waals surface area contributed by atoms with Crippen LogP contribution >= 0.6 is 15.9 Å². The lowest BCUT2D eigenvalue weighted by Crippen LogP contribution is -1.95. The van der Waals surface area contributed by atoms with Gasteiger partial charge in [0.2, 0.25) is 0 Å². The average molecular weight is 252 g/mol. The van der Waals surface area contributed by atoms with Crippen LogP contribution in [0.5, 0.6) is 0 Å². The maximum Gasteiger partial charge on any atom is 0.130 e. The van der Waals surface area contributed by atoms with Crippen LogP contribution in [-0.2, 0) is 6.42 Å². The predicted molar refractivity (Wildman–Crippen MR) is 58.9 cm³/mol. The van der Waals surface area contributed by atoms with E-state index in [0.717, 1.165) is 28.2 Å². The molecular formula is C10H10BrN3. The van der Waals surface area contributed by atoms with Gasteiger partial charge in [-0.1, -0.05) is 6.92 Å². The van der Waals surface area contributed by atoms with Crippen LogP contribution in [0.3, 0.4) is 0 Å². The Morgan fingerprint density at radius 2 is 2.29 bits per heavy atom. The molecule has 0 amide bonds. The summed E-state index contributed by atoms with van der Waals surface area (Å²) in [6.07, 6.45) is 2.73. The zero-order valence-corrected chi connectivity index (χ0v) is 9.37. The Hall–Kier alpha value is -1.16. The van der Waals surface area contributed by atoms with Gasteiger partial charge in [-0.05, 0) is 34.1 Å². The van der Waals surface area contributed by atoms with Crippen molar-refractivity contribution in [3.05, 3.63) is 34.8 Å². The predicted octanol–water partition coefficient (Wildman–Crippen LogP) is 2.80. The molecule has 14 heavy (non-hydrogen) atoms. The molecule has 0 unspecified atom stereocenters. The largest absolute Gasteiger partial charge is 0.360 e. The summed E-state index contributed by atoms with van der Waals surface area (Å²) in [6, 6.07) is 5.86. The van der Waals surface area contributed by atoms with E-state index in [1.165, 1.54) is 0 Å². The lowest BCUT2D eigenvalue weighted by atomic mass is 10.3. The quantitative estimate of drug-likeness (QED) is 0.835. The van der Waals surface area contributed by atoms with E-state index in [-0.39, 0.29) is 0 Å². The molecule has 0 aliphatic carbocycles. The summed E-state index contributed by atoms with van der Waals surface area (Å²) in [4.78, 5) is 11.8. The van der Waals surface area contributed by atoms with E-state index in [1.807, 2.05) is 31.3 Å². The Labute approximate surface area is 90.7 Å². The molecule has 0 bridgehead atoms. The number of nitrogens with one attached hydrogen (secondary N) is 1. The van der Waals surface area contributed by atoms with E-state index >= 15 is 0 Å². The van der Waals surface area contributed by atoms with Gasteiger partial charge in [0.05, 0.1) is 11.4 Å². The first kappa shape index (κ1) is 9.40. The zero-order chi connectivity index (χ0) is 9.97. The highest BCUT2D eigenvalue weighted by molar-refractivity contribution is 9.10. The monoisotopic (exact) mass is 251 g/mol. The molecule has 0 aliphatic rings. The molecule has 0 saturated heterocycles. The second kappa shape index (κ2) is 3.92. The Morgan fingerprint density at radius 1 is 1.43 bits per heavy atom. The lowest BCUT2D eigenvalue weighted by molar-refractivity contribution is 0.930. The van der Waals surface area contributed by atoms with Crippen molar-refractivity contribution in [2.45, 2.75) is 13.3 Å². The fraction of sp³-hybridized carbons (Fsp3) is 0.200. The van der Waals surface area contributed by atoms with Crippen molar-refractivity contribution in [2.75, 3.05) is 0 Å². The number of aryl methyl sites for hydroxylation is 1. The Bertz CT molecular complexity index is 423. The Balaban J connectivity index is 2.48. The third-order valence-corrected chi connectivity index (χ3v) is 2.34. The van der Waals surface area contributed by atoms with E-state index < -0.39 is 0 Å². The SMILES string of the molecule is CCc1nc(Br)cc(-c2ccc[nH]2)n1. The van der Waals surface area contributed by atoms with Crippen molar-refractivity contribution in [3.63, 3.8) is 0 Å². The highest BCUT2D eigenvalue weighted by Crippen LogP contribution is 2.18. The maximum absolute atomic E-state index is 4.42. The minimum Gasteiger partial charge on any atom is -0.360 e. The molecule has 72 valence electrons. The molecule has 0 spiro atoms. The third-order valence-electron chi connectivity index (χ3n) is 1.93. The molecule has 3 nitrogen and oxygen atoms in total. The van der Waals surface area contributed by atoms with Crippen LogP contribution < -0.4 is 0 Å². The summed E-state index contributed by atoms with van der Waals surface area (Å²) >= 11 is 3.37. The maximum atomic E-state index is 4.42. The van der Waals surface area contributed by atoms with Gasteiger partial charge >= 0.3 is 0 Å². The molecule has 0 fully saturated rings. The van der Waals surface area contributed by atoms with Gasteiger partial charge in [-0.15, -0.1) is 0 Å². The number of hydrogen-bond acceptors (Lipinski definition) is 2. The van der Waals surface area contributed by atoms with Crippen molar-refractivity contribution in [3.8, 4) is 11.4 Å². The summed E-state index contributed by atoms with van der Waals surface area (Å²) in [6.45, 7) is 2.04. The van der Waals surface area contributed by atoms with E-state index in [0.29, 0.717) is 0 Å². The highest BCUT2D eigenvalue weighted by atomic mass is 79.9. The van der Waals surface area contributed by atoms with Crippen LogP contribution in [-0.4, -0.2) is 15.0 Å². The lowest BCUT2D eigenvalue weighted by Gasteiger charge is -2.01. The van der Waals surface area contributed by atoms with Crippen LogP contribution in [0, 0.1) is 0 Å². The molecule has 2 aromatic rings. The highest BCUT2D eigenvalue weighted by Gasteiger charge is 2.03. The van der Waals surface area contributed by atoms with Gasteiger partial charge in [0.1, 0.15) is 10.4 Å². The van der Waals surface area contributed by atoms with Crippen LogP contribution in [0.25, 0.3) is 11.4 Å². The molecule has 2 rings (SSSR count). The number of aromatic amines is 1. The molecule has 0 atom stereocenters. The molecule has 2 aromatic heterocycles. The number of H-pyrrole nitrogens is 1. The van der Waals surface area contributed by atoms with Crippen molar-refractivity contribution in [2.24, 2.45) is 0 Å². The van der Waals surface area contributed by atoms with E-state index in [9.17, 15) is 0 Å². The minimum absolute atomic E-state index is 0.828. The van der Waals surface area contributed by atoms with Crippen molar-refractivity contribution < 1.29 is 0 Å². The van der Waals surface area contributed by atoms with E-state index in [2.05, 4.69) is 30.9 Å². The molecule has 0 aromatic carbocycles. The van der Waals surface area contributed by atoms with Crippen LogP contribution in [0.2, 0.25) is 0 Å². The average Bonchev–Trinajstić information content (AvgIpc) is 2.69. The van der Waals surface area contributed by atoms with Gasteiger partial charge in [-0.3, -0.25) is 0 Å². The summed E-state index contributed by atoms with van der Waals surface area (Å²) in [5.41, 5.74) is 1.94. The first-order valence-electron chi connectivity index (χ1n) is 4.47. The Kier molecular flexibility index (Phi) is 2.63. The second-order valence-electron chi connectivity index (χ2n) is 2.93. The number of aromatic nitrogens is 3. The third kappa shape index (κ3) is 1.85. The van der Waals surface area contributed by atoms with Crippen LogP contribution in [0.1, 0.15) is 12.7 Å². The molecule has 2 heterocycles. The molecule has 1 N–H and O–H groups in total. The number of rotatable bonds is 2. The van der Waals surface area contributed by atoms with Crippen LogP contribution in [0.4, 0.5) is 0 Å². The van der Waals surface area contributed by atoms with Gasteiger partial charge in [0.25, 0.3) is 0 Å². The number of hydrogen-bond donors (Lipinski definition) is 1. The zero-order valence-electron chi connectivity index (χ0n) is 7.79. The van der Waals surface area contributed by atoms with Gasteiger partial charge in [0, 0.05) is 12.6 Å². The topological polar surface area (TPSA) is 41.6 Å². The van der Waals surface area contributed by atoms with E-state index in [1.54, 1.807) is 0 Å². The van der Waals surface area contributed by atoms with Crippen molar-refractivity contribution in [1.29, 1.82) is 0 Å². The molecule has 0 saturated carbocycles. The van der Waals surface area contributed by atoms with Gasteiger partial charge in [0.15, 0.2) is 0 Å².